The Morgan fingerprint density at radius 1 is 1.39 bits per heavy atom. The molecule has 1 N–H and O–H groups in total. The van der Waals surface area contributed by atoms with E-state index in [0.29, 0.717) is 17.0 Å². The van der Waals surface area contributed by atoms with E-state index in [1.54, 1.807) is 0 Å². The summed E-state index contributed by atoms with van der Waals surface area (Å²) in [4.78, 5) is 11.5. The molecule has 1 aliphatic rings. The Bertz CT molecular complexity index is 395. The van der Waals surface area contributed by atoms with E-state index in [2.05, 4.69) is 19.0 Å². The van der Waals surface area contributed by atoms with Crippen molar-refractivity contribution in [2.45, 2.75) is 64.2 Å². The summed E-state index contributed by atoms with van der Waals surface area (Å²) in [6, 6.07) is 0. The topological polar surface area (TPSA) is 63.3 Å². The van der Waals surface area contributed by atoms with Gasteiger partial charge in [-0.25, -0.2) is 4.79 Å². The number of hydrogen-bond donors (Lipinski definition) is 1. The van der Waals surface area contributed by atoms with Crippen LogP contribution in [0.25, 0.3) is 0 Å². The summed E-state index contributed by atoms with van der Waals surface area (Å²) in [6.45, 7) is 4.12. The first-order valence-corrected chi connectivity index (χ1v) is 6.91. The molecule has 1 fully saturated rings. The fourth-order valence-corrected chi connectivity index (χ4v) is 2.95. The highest BCUT2D eigenvalue weighted by atomic mass is 16.5. The summed E-state index contributed by atoms with van der Waals surface area (Å²) in [5, 5.41) is 13.5. The van der Waals surface area contributed by atoms with Gasteiger partial charge in [-0.1, -0.05) is 31.8 Å². The van der Waals surface area contributed by atoms with Gasteiger partial charge in [0.25, 0.3) is 0 Å². The monoisotopic (exact) mass is 251 g/mol. The Morgan fingerprint density at radius 3 is 2.50 bits per heavy atom. The first kappa shape index (κ1) is 13.1. The van der Waals surface area contributed by atoms with Crippen molar-refractivity contribution in [2.24, 2.45) is 0 Å². The first-order valence-electron chi connectivity index (χ1n) is 6.91. The number of carboxylic acids is 1. The van der Waals surface area contributed by atoms with E-state index >= 15 is 0 Å². The second-order valence-electron chi connectivity index (χ2n) is 5.11. The van der Waals surface area contributed by atoms with Crippen LogP contribution in [-0.4, -0.2) is 16.2 Å². The molecule has 0 aromatic carbocycles. The van der Waals surface area contributed by atoms with Crippen LogP contribution in [0.5, 0.6) is 0 Å². The second-order valence-corrected chi connectivity index (χ2v) is 5.11. The van der Waals surface area contributed by atoms with E-state index < -0.39 is 5.97 Å². The molecule has 1 heterocycles. The van der Waals surface area contributed by atoms with Crippen LogP contribution in [0.3, 0.4) is 0 Å². The van der Waals surface area contributed by atoms with Crippen LogP contribution in [0.1, 0.15) is 86.0 Å². The average molecular weight is 251 g/mol. The van der Waals surface area contributed by atoms with Crippen molar-refractivity contribution >= 4 is 5.97 Å². The normalized spacial score (nSPS) is 16.6. The van der Waals surface area contributed by atoms with Crippen LogP contribution >= 0.6 is 0 Å². The van der Waals surface area contributed by atoms with Crippen molar-refractivity contribution in [1.29, 1.82) is 0 Å². The number of aromatic carboxylic acids is 1. The van der Waals surface area contributed by atoms with Crippen molar-refractivity contribution in [3.05, 3.63) is 17.0 Å². The van der Waals surface area contributed by atoms with Crippen molar-refractivity contribution < 1.29 is 14.4 Å². The molecule has 0 saturated heterocycles. The number of carbonyl (C=O) groups is 1. The molecule has 18 heavy (non-hydrogen) atoms. The fraction of sp³-hybridized carbons (Fsp3) is 0.714. The molecule has 2 rings (SSSR count). The number of rotatable bonds is 5. The Kier molecular flexibility index (Phi) is 4.04. The van der Waals surface area contributed by atoms with Gasteiger partial charge in [0, 0.05) is 11.8 Å². The molecule has 4 nitrogen and oxygen atoms in total. The van der Waals surface area contributed by atoms with Gasteiger partial charge in [0.1, 0.15) is 11.3 Å². The SMILES string of the molecule is CCC(CC)c1noc(C2CCCC2)c1C(=O)O. The quantitative estimate of drug-likeness (QED) is 0.861. The molecule has 0 radical (unpaired) electrons. The maximum atomic E-state index is 11.5. The minimum absolute atomic E-state index is 0.190. The Morgan fingerprint density at radius 2 is 2.00 bits per heavy atom. The summed E-state index contributed by atoms with van der Waals surface area (Å²) < 4.78 is 5.39. The van der Waals surface area contributed by atoms with Crippen LogP contribution in [0.15, 0.2) is 4.52 Å². The fourth-order valence-electron chi connectivity index (χ4n) is 2.95. The smallest absolute Gasteiger partial charge is 0.341 e. The predicted octanol–water partition coefficient (Wildman–Crippen LogP) is 3.93. The molecular weight excluding hydrogens is 230 g/mol. The maximum Gasteiger partial charge on any atom is 0.341 e. The lowest BCUT2D eigenvalue weighted by atomic mass is 9.92. The van der Waals surface area contributed by atoms with Crippen molar-refractivity contribution in [3.8, 4) is 0 Å². The lowest BCUT2D eigenvalue weighted by molar-refractivity contribution is 0.0692. The van der Waals surface area contributed by atoms with Gasteiger partial charge in [-0.3, -0.25) is 0 Å². The van der Waals surface area contributed by atoms with E-state index in [9.17, 15) is 9.90 Å². The molecular formula is C14H21NO3. The maximum absolute atomic E-state index is 11.5. The minimum atomic E-state index is -0.889. The molecule has 1 aliphatic carbocycles. The highest BCUT2D eigenvalue weighted by molar-refractivity contribution is 5.90. The molecule has 1 saturated carbocycles. The molecule has 0 bridgehead atoms. The molecule has 0 unspecified atom stereocenters. The zero-order chi connectivity index (χ0) is 13.1. The summed E-state index contributed by atoms with van der Waals surface area (Å²) >= 11 is 0. The third-order valence-corrected chi connectivity index (χ3v) is 4.06. The van der Waals surface area contributed by atoms with E-state index in [0.717, 1.165) is 38.5 Å². The zero-order valence-electron chi connectivity index (χ0n) is 11.1. The van der Waals surface area contributed by atoms with Crippen LogP contribution < -0.4 is 0 Å². The van der Waals surface area contributed by atoms with Gasteiger partial charge in [-0.05, 0) is 25.7 Å². The molecule has 0 spiro atoms. The van der Waals surface area contributed by atoms with Crippen LogP contribution in [-0.2, 0) is 0 Å². The van der Waals surface area contributed by atoms with Crippen molar-refractivity contribution in [2.75, 3.05) is 0 Å². The number of nitrogens with zero attached hydrogens (tertiary/aromatic N) is 1. The molecule has 4 heteroatoms. The van der Waals surface area contributed by atoms with E-state index in [4.69, 9.17) is 4.52 Å². The third kappa shape index (κ3) is 2.28. The van der Waals surface area contributed by atoms with Gasteiger partial charge in [-0.2, -0.15) is 0 Å². The van der Waals surface area contributed by atoms with Gasteiger partial charge >= 0.3 is 5.97 Å². The molecule has 0 atom stereocenters. The summed E-state index contributed by atoms with van der Waals surface area (Å²) in [7, 11) is 0. The summed E-state index contributed by atoms with van der Waals surface area (Å²) in [5.74, 6) is 0.170. The lowest BCUT2D eigenvalue weighted by Crippen LogP contribution is -2.08. The highest BCUT2D eigenvalue weighted by Crippen LogP contribution is 2.38. The molecule has 0 aliphatic heterocycles. The average Bonchev–Trinajstić information content (AvgIpc) is 2.98. The van der Waals surface area contributed by atoms with Crippen LogP contribution in [0.2, 0.25) is 0 Å². The van der Waals surface area contributed by atoms with Gasteiger partial charge < -0.3 is 9.63 Å². The predicted molar refractivity (Wildman–Crippen MR) is 68.0 cm³/mol. The number of carboxylic acid groups (broad SMARTS) is 1. The summed E-state index contributed by atoms with van der Waals surface area (Å²) in [5.41, 5.74) is 0.991. The first-order chi connectivity index (χ1) is 8.69. The van der Waals surface area contributed by atoms with E-state index in [1.807, 2.05) is 0 Å². The van der Waals surface area contributed by atoms with E-state index in [-0.39, 0.29) is 11.8 Å². The van der Waals surface area contributed by atoms with Gasteiger partial charge in [0.2, 0.25) is 0 Å². The summed E-state index contributed by atoms with van der Waals surface area (Å²) in [6.07, 6.45) is 6.16. The zero-order valence-corrected chi connectivity index (χ0v) is 11.1. The van der Waals surface area contributed by atoms with Gasteiger partial charge in [0.15, 0.2) is 5.76 Å². The third-order valence-electron chi connectivity index (χ3n) is 4.06. The number of aromatic nitrogens is 1. The van der Waals surface area contributed by atoms with Crippen molar-refractivity contribution in [1.82, 2.24) is 5.16 Å². The van der Waals surface area contributed by atoms with Gasteiger partial charge in [0.05, 0.1) is 0 Å². The second kappa shape index (κ2) is 5.55. The highest BCUT2D eigenvalue weighted by Gasteiger charge is 2.32. The minimum Gasteiger partial charge on any atom is -0.477 e. The largest absolute Gasteiger partial charge is 0.477 e. The number of hydrogen-bond acceptors (Lipinski definition) is 3. The van der Waals surface area contributed by atoms with E-state index in [1.165, 1.54) is 0 Å². The lowest BCUT2D eigenvalue weighted by Gasteiger charge is -2.10. The Balaban J connectivity index is 2.39. The van der Waals surface area contributed by atoms with Crippen molar-refractivity contribution in [3.63, 3.8) is 0 Å². The Labute approximate surface area is 107 Å². The van der Waals surface area contributed by atoms with Crippen LogP contribution in [0.4, 0.5) is 0 Å². The standard InChI is InChI=1S/C14H21NO3/c1-3-9(4-2)12-11(14(16)17)13(18-15-12)10-7-5-6-8-10/h9-10H,3-8H2,1-2H3,(H,16,17). The molecule has 100 valence electrons. The molecule has 1 aromatic heterocycles. The molecule has 0 amide bonds. The molecule has 1 aromatic rings. The van der Waals surface area contributed by atoms with Gasteiger partial charge in [-0.15, -0.1) is 0 Å². The Hall–Kier alpha value is -1.32. The van der Waals surface area contributed by atoms with Crippen LogP contribution in [0, 0.1) is 0 Å².